The molecule has 0 spiro atoms. The highest BCUT2D eigenvalue weighted by atomic mass is 16.4. The fraction of sp³-hybridized carbons (Fsp3) is 0.350. The Morgan fingerprint density at radius 2 is 2.04 bits per heavy atom. The van der Waals surface area contributed by atoms with Gasteiger partial charge >= 0.3 is 5.97 Å². The lowest BCUT2D eigenvalue weighted by Crippen LogP contribution is -2.44. The molecule has 0 saturated carbocycles. The minimum Gasteiger partial charge on any atom is -0.481 e. The average molecular weight is 354 g/mol. The van der Waals surface area contributed by atoms with Crippen molar-refractivity contribution in [2.75, 3.05) is 13.1 Å². The van der Waals surface area contributed by atoms with Gasteiger partial charge in [-0.2, -0.15) is 0 Å². The Hall–Kier alpha value is -2.89. The van der Waals surface area contributed by atoms with Crippen LogP contribution in [0.25, 0.3) is 0 Å². The lowest BCUT2D eigenvalue weighted by molar-refractivity contribution is -0.143. The molecule has 1 amide bonds. The molecule has 0 bridgehead atoms. The SMILES string of the molecule is Cc1cccc(Cn2cccc(C(=O)N3CCCC(C(=O)O)C3)c2=O)c1. The van der Waals surface area contributed by atoms with Gasteiger partial charge in [-0.25, -0.2) is 0 Å². The molecule has 1 aromatic heterocycles. The van der Waals surface area contributed by atoms with Gasteiger partial charge in [0.2, 0.25) is 0 Å². The summed E-state index contributed by atoms with van der Waals surface area (Å²) < 4.78 is 1.51. The van der Waals surface area contributed by atoms with Crippen molar-refractivity contribution in [3.63, 3.8) is 0 Å². The van der Waals surface area contributed by atoms with Gasteiger partial charge in [0, 0.05) is 19.3 Å². The summed E-state index contributed by atoms with van der Waals surface area (Å²) in [5.41, 5.74) is 1.83. The minimum absolute atomic E-state index is 0.0891. The van der Waals surface area contributed by atoms with Gasteiger partial charge in [-0.15, -0.1) is 0 Å². The Balaban J connectivity index is 1.83. The second-order valence-electron chi connectivity index (χ2n) is 6.77. The second kappa shape index (κ2) is 7.56. The first-order valence-corrected chi connectivity index (χ1v) is 8.73. The van der Waals surface area contributed by atoms with Crippen LogP contribution in [0, 0.1) is 12.8 Å². The van der Waals surface area contributed by atoms with E-state index >= 15 is 0 Å². The van der Waals surface area contributed by atoms with Crippen molar-refractivity contribution >= 4 is 11.9 Å². The number of piperidine rings is 1. The van der Waals surface area contributed by atoms with E-state index in [-0.39, 0.29) is 23.6 Å². The van der Waals surface area contributed by atoms with Crippen LogP contribution in [-0.2, 0) is 11.3 Å². The van der Waals surface area contributed by atoms with Crippen molar-refractivity contribution in [3.8, 4) is 0 Å². The second-order valence-corrected chi connectivity index (χ2v) is 6.77. The first kappa shape index (κ1) is 17.9. The number of aryl methyl sites for hydroxylation is 1. The molecule has 6 nitrogen and oxygen atoms in total. The van der Waals surface area contributed by atoms with E-state index in [1.807, 2.05) is 31.2 Å². The lowest BCUT2D eigenvalue weighted by atomic mass is 9.98. The van der Waals surface area contributed by atoms with Crippen LogP contribution in [-0.4, -0.2) is 39.5 Å². The largest absolute Gasteiger partial charge is 0.481 e. The quantitative estimate of drug-likeness (QED) is 0.912. The van der Waals surface area contributed by atoms with Crippen LogP contribution in [0.3, 0.4) is 0 Å². The monoisotopic (exact) mass is 354 g/mol. The van der Waals surface area contributed by atoms with Gasteiger partial charge in [0.1, 0.15) is 5.56 Å². The van der Waals surface area contributed by atoms with Crippen molar-refractivity contribution in [2.45, 2.75) is 26.3 Å². The number of benzene rings is 1. The summed E-state index contributed by atoms with van der Waals surface area (Å²) in [5, 5.41) is 9.19. The van der Waals surface area contributed by atoms with Crippen LogP contribution in [0.1, 0.15) is 34.3 Å². The van der Waals surface area contributed by atoms with Gasteiger partial charge in [0.25, 0.3) is 11.5 Å². The Morgan fingerprint density at radius 1 is 1.23 bits per heavy atom. The Bertz CT molecular complexity index is 887. The molecule has 136 valence electrons. The van der Waals surface area contributed by atoms with Crippen LogP contribution in [0.4, 0.5) is 0 Å². The van der Waals surface area contributed by atoms with E-state index < -0.39 is 11.9 Å². The highest BCUT2D eigenvalue weighted by Crippen LogP contribution is 2.18. The Kier molecular flexibility index (Phi) is 5.21. The number of carboxylic acid groups (broad SMARTS) is 1. The number of aromatic nitrogens is 1. The molecule has 26 heavy (non-hydrogen) atoms. The van der Waals surface area contributed by atoms with Crippen molar-refractivity contribution in [1.82, 2.24) is 9.47 Å². The first-order chi connectivity index (χ1) is 12.5. The summed E-state index contributed by atoms with van der Waals surface area (Å²) >= 11 is 0. The molecule has 1 aromatic carbocycles. The molecule has 2 aromatic rings. The summed E-state index contributed by atoms with van der Waals surface area (Å²) in [6.07, 6.45) is 2.86. The number of aliphatic carboxylic acids is 1. The van der Waals surface area contributed by atoms with E-state index in [0.717, 1.165) is 11.1 Å². The summed E-state index contributed by atoms with van der Waals surface area (Å²) in [7, 11) is 0. The highest BCUT2D eigenvalue weighted by Gasteiger charge is 2.29. The molecule has 0 radical (unpaired) electrons. The fourth-order valence-corrected chi connectivity index (χ4v) is 3.36. The molecule has 3 rings (SSSR count). The summed E-state index contributed by atoms with van der Waals surface area (Å²) in [4.78, 5) is 38.2. The predicted molar refractivity (Wildman–Crippen MR) is 97.2 cm³/mol. The molecule has 1 atom stereocenters. The number of carbonyl (C=O) groups excluding carboxylic acids is 1. The predicted octanol–water partition coefficient (Wildman–Crippen LogP) is 2.14. The molecule has 2 heterocycles. The van der Waals surface area contributed by atoms with Crippen LogP contribution >= 0.6 is 0 Å². The molecule has 1 aliphatic rings. The van der Waals surface area contributed by atoms with E-state index in [2.05, 4.69) is 0 Å². The molecule has 0 aliphatic carbocycles. The van der Waals surface area contributed by atoms with E-state index in [1.165, 1.54) is 15.5 Å². The van der Waals surface area contributed by atoms with Gasteiger partial charge < -0.3 is 14.6 Å². The highest BCUT2D eigenvalue weighted by molar-refractivity contribution is 5.94. The Labute approximate surface area is 151 Å². The third kappa shape index (κ3) is 3.85. The maximum Gasteiger partial charge on any atom is 0.308 e. The van der Waals surface area contributed by atoms with Crippen molar-refractivity contribution in [1.29, 1.82) is 0 Å². The third-order valence-corrected chi connectivity index (χ3v) is 4.74. The van der Waals surface area contributed by atoms with Crippen LogP contribution in [0.15, 0.2) is 47.4 Å². The lowest BCUT2D eigenvalue weighted by Gasteiger charge is -2.30. The van der Waals surface area contributed by atoms with Crippen LogP contribution in [0.5, 0.6) is 0 Å². The number of hydrogen-bond donors (Lipinski definition) is 1. The summed E-state index contributed by atoms with van der Waals surface area (Å²) in [5.74, 6) is -1.85. The topological polar surface area (TPSA) is 79.6 Å². The Morgan fingerprint density at radius 3 is 2.77 bits per heavy atom. The van der Waals surface area contributed by atoms with Gasteiger partial charge in [-0.3, -0.25) is 14.4 Å². The summed E-state index contributed by atoms with van der Waals surface area (Å²) in [6, 6.07) is 11.1. The molecule has 1 fully saturated rings. The molecular formula is C20H22N2O4. The molecule has 6 heteroatoms. The van der Waals surface area contributed by atoms with Crippen LogP contribution < -0.4 is 5.56 Å². The molecule has 1 saturated heterocycles. The number of amides is 1. The number of rotatable bonds is 4. The van der Waals surface area contributed by atoms with Gasteiger partial charge in [0.15, 0.2) is 0 Å². The minimum atomic E-state index is -0.896. The molecule has 1 aliphatic heterocycles. The molecule has 1 unspecified atom stereocenters. The van der Waals surface area contributed by atoms with Gasteiger partial charge in [-0.05, 0) is 37.5 Å². The number of likely N-dealkylation sites (tertiary alicyclic amines) is 1. The zero-order valence-electron chi connectivity index (χ0n) is 14.7. The van der Waals surface area contributed by atoms with E-state index in [4.69, 9.17) is 0 Å². The molecular weight excluding hydrogens is 332 g/mol. The summed E-state index contributed by atoms with van der Waals surface area (Å²) in [6.45, 7) is 3.01. The maximum atomic E-state index is 12.8. The number of carbonyl (C=O) groups is 2. The average Bonchev–Trinajstić information content (AvgIpc) is 2.63. The van der Waals surface area contributed by atoms with Crippen molar-refractivity contribution in [3.05, 3.63) is 69.6 Å². The maximum absolute atomic E-state index is 12.8. The normalized spacial score (nSPS) is 17.1. The van der Waals surface area contributed by atoms with Gasteiger partial charge in [-0.1, -0.05) is 29.8 Å². The van der Waals surface area contributed by atoms with Crippen LogP contribution in [0.2, 0.25) is 0 Å². The third-order valence-electron chi connectivity index (χ3n) is 4.74. The number of hydrogen-bond acceptors (Lipinski definition) is 3. The van der Waals surface area contributed by atoms with Gasteiger partial charge in [0.05, 0.1) is 12.5 Å². The zero-order valence-corrected chi connectivity index (χ0v) is 14.7. The first-order valence-electron chi connectivity index (χ1n) is 8.73. The van der Waals surface area contributed by atoms with Crippen molar-refractivity contribution in [2.24, 2.45) is 5.92 Å². The molecule has 1 N–H and O–H groups in total. The van der Waals surface area contributed by atoms with E-state index in [9.17, 15) is 19.5 Å². The number of pyridine rings is 1. The number of nitrogens with zero attached hydrogens (tertiary/aromatic N) is 2. The van der Waals surface area contributed by atoms with E-state index in [1.54, 1.807) is 12.3 Å². The number of carboxylic acids is 1. The fourth-order valence-electron chi connectivity index (χ4n) is 3.36. The van der Waals surface area contributed by atoms with Crippen molar-refractivity contribution < 1.29 is 14.7 Å². The smallest absolute Gasteiger partial charge is 0.308 e. The van der Waals surface area contributed by atoms with E-state index in [0.29, 0.717) is 25.9 Å². The standard InChI is InChI=1S/C20H22N2O4/c1-14-5-2-6-15(11-14)12-21-10-4-8-17(18(21)23)19(24)22-9-3-7-16(13-22)20(25)26/h2,4-6,8,10-11,16H,3,7,9,12-13H2,1H3,(H,25,26). The zero-order chi connectivity index (χ0) is 18.7.